The van der Waals surface area contributed by atoms with E-state index in [0.717, 1.165) is 12.0 Å². The van der Waals surface area contributed by atoms with Crippen LogP contribution in [0.15, 0.2) is 11.6 Å². The number of allylic oxidation sites excluding steroid dienone is 1. The van der Waals surface area contributed by atoms with E-state index in [-0.39, 0.29) is 11.3 Å². The average molecular weight is 253 g/mol. The highest BCUT2D eigenvalue weighted by Crippen LogP contribution is 2.25. The third kappa shape index (κ3) is 3.86. The number of nitrogens with zero attached hydrogens (tertiary/aromatic N) is 1. The van der Waals surface area contributed by atoms with Crippen LogP contribution in [-0.2, 0) is 9.59 Å². The normalized spacial score (nSPS) is 21.9. The van der Waals surface area contributed by atoms with E-state index in [2.05, 4.69) is 20.8 Å². The van der Waals surface area contributed by atoms with Crippen molar-refractivity contribution in [3.8, 4) is 0 Å². The maximum atomic E-state index is 12.1. The Morgan fingerprint density at radius 3 is 2.44 bits per heavy atom. The fourth-order valence-corrected chi connectivity index (χ4v) is 1.87. The Morgan fingerprint density at radius 2 is 1.94 bits per heavy atom. The predicted octanol–water partition coefficient (Wildman–Crippen LogP) is 2.30. The monoisotopic (exact) mass is 253 g/mol. The van der Waals surface area contributed by atoms with Gasteiger partial charge in [-0.25, -0.2) is 0 Å². The van der Waals surface area contributed by atoms with Crippen molar-refractivity contribution in [3.63, 3.8) is 0 Å². The van der Waals surface area contributed by atoms with Gasteiger partial charge >= 0.3 is 5.97 Å². The minimum Gasteiger partial charge on any atom is -0.481 e. The molecule has 1 amide bonds. The molecule has 1 heterocycles. The molecule has 0 spiro atoms. The van der Waals surface area contributed by atoms with Crippen molar-refractivity contribution >= 4 is 11.9 Å². The smallest absolute Gasteiger partial charge is 0.308 e. The van der Waals surface area contributed by atoms with Gasteiger partial charge in [0.2, 0.25) is 5.91 Å². The molecule has 1 fully saturated rings. The number of amides is 1. The van der Waals surface area contributed by atoms with Crippen molar-refractivity contribution in [3.05, 3.63) is 11.6 Å². The first-order valence-electron chi connectivity index (χ1n) is 6.42. The molecular weight excluding hydrogens is 230 g/mol. The zero-order chi connectivity index (χ0) is 13.9. The van der Waals surface area contributed by atoms with Gasteiger partial charge < -0.3 is 10.0 Å². The van der Waals surface area contributed by atoms with Gasteiger partial charge in [-0.1, -0.05) is 26.3 Å². The third-order valence-electron chi connectivity index (χ3n) is 3.61. The Balaban J connectivity index is 2.70. The molecule has 1 rings (SSSR count). The number of piperidine rings is 1. The molecule has 0 bridgehead atoms. The van der Waals surface area contributed by atoms with Crippen LogP contribution in [-0.4, -0.2) is 35.0 Å². The summed E-state index contributed by atoms with van der Waals surface area (Å²) in [4.78, 5) is 24.7. The van der Waals surface area contributed by atoms with Crippen molar-refractivity contribution in [2.45, 2.75) is 40.5 Å². The van der Waals surface area contributed by atoms with Crippen molar-refractivity contribution < 1.29 is 14.7 Å². The summed E-state index contributed by atoms with van der Waals surface area (Å²) in [7, 11) is 0. The SMILES string of the molecule is C/C(=C\C(=O)N1CCCC(C(=O)O)C1)C(C)(C)C. The van der Waals surface area contributed by atoms with Crippen LogP contribution in [0.25, 0.3) is 0 Å². The highest BCUT2D eigenvalue weighted by molar-refractivity contribution is 5.89. The second kappa shape index (κ2) is 5.55. The van der Waals surface area contributed by atoms with E-state index >= 15 is 0 Å². The van der Waals surface area contributed by atoms with Crippen molar-refractivity contribution in [1.82, 2.24) is 4.90 Å². The van der Waals surface area contributed by atoms with Gasteiger partial charge in [0.25, 0.3) is 0 Å². The van der Waals surface area contributed by atoms with Crippen LogP contribution in [0.5, 0.6) is 0 Å². The molecule has 1 unspecified atom stereocenters. The van der Waals surface area contributed by atoms with Crippen LogP contribution in [0.1, 0.15) is 40.5 Å². The fraction of sp³-hybridized carbons (Fsp3) is 0.714. The largest absolute Gasteiger partial charge is 0.481 e. The standard InChI is InChI=1S/C14H23NO3/c1-10(14(2,3)4)8-12(16)15-7-5-6-11(9-15)13(17)18/h8,11H,5-7,9H2,1-4H3,(H,17,18)/b10-8+. The summed E-state index contributed by atoms with van der Waals surface area (Å²) in [6.07, 6.45) is 3.08. The van der Waals surface area contributed by atoms with E-state index in [4.69, 9.17) is 5.11 Å². The number of hydrogen-bond donors (Lipinski definition) is 1. The molecule has 1 N–H and O–H groups in total. The van der Waals surface area contributed by atoms with Gasteiger partial charge in [0.1, 0.15) is 0 Å². The van der Waals surface area contributed by atoms with Gasteiger partial charge in [-0.15, -0.1) is 0 Å². The molecule has 0 radical (unpaired) electrons. The molecule has 4 heteroatoms. The first-order valence-corrected chi connectivity index (χ1v) is 6.42. The summed E-state index contributed by atoms with van der Waals surface area (Å²) in [5.74, 6) is -1.27. The van der Waals surface area contributed by atoms with E-state index < -0.39 is 11.9 Å². The number of rotatable bonds is 2. The van der Waals surface area contributed by atoms with E-state index in [0.29, 0.717) is 19.5 Å². The number of likely N-dealkylation sites (tertiary alicyclic amines) is 1. The molecule has 102 valence electrons. The van der Waals surface area contributed by atoms with Gasteiger partial charge in [0, 0.05) is 19.2 Å². The number of carbonyl (C=O) groups is 2. The van der Waals surface area contributed by atoms with Crippen LogP contribution >= 0.6 is 0 Å². The Hall–Kier alpha value is -1.32. The van der Waals surface area contributed by atoms with E-state index in [9.17, 15) is 9.59 Å². The first-order chi connectivity index (χ1) is 8.21. The van der Waals surface area contributed by atoms with Crippen molar-refractivity contribution in [1.29, 1.82) is 0 Å². The average Bonchev–Trinajstić information content (AvgIpc) is 2.27. The molecule has 0 aromatic carbocycles. The van der Waals surface area contributed by atoms with E-state index in [1.807, 2.05) is 6.92 Å². The van der Waals surface area contributed by atoms with E-state index in [1.165, 1.54) is 0 Å². The number of carbonyl (C=O) groups excluding carboxylic acids is 1. The lowest BCUT2D eigenvalue weighted by Gasteiger charge is -2.30. The van der Waals surface area contributed by atoms with Crippen LogP contribution < -0.4 is 0 Å². The summed E-state index contributed by atoms with van der Waals surface area (Å²) >= 11 is 0. The van der Waals surface area contributed by atoms with Crippen LogP contribution in [0.3, 0.4) is 0 Å². The minimum absolute atomic E-state index is 0.0301. The first kappa shape index (κ1) is 14.7. The number of carboxylic acid groups (broad SMARTS) is 1. The Bertz CT molecular complexity index is 366. The Kier molecular flexibility index (Phi) is 4.54. The molecular formula is C14H23NO3. The molecule has 1 atom stereocenters. The molecule has 1 aliphatic rings. The molecule has 1 aliphatic heterocycles. The predicted molar refractivity (Wildman–Crippen MR) is 70.2 cm³/mol. The minimum atomic E-state index is -0.802. The Morgan fingerprint density at radius 1 is 1.33 bits per heavy atom. The number of carboxylic acids is 1. The summed E-state index contributed by atoms with van der Waals surface area (Å²) in [5, 5.41) is 9.00. The van der Waals surface area contributed by atoms with Crippen LogP contribution in [0, 0.1) is 11.3 Å². The second-order valence-corrected chi connectivity index (χ2v) is 6.04. The van der Waals surface area contributed by atoms with E-state index in [1.54, 1.807) is 11.0 Å². The van der Waals surface area contributed by atoms with Gasteiger partial charge in [-0.05, 0) is 25.2 Å². The number of hydrogen-bond acceptors (Lipinski definition) is 2. The summed E-state index contributed by atoms with van der Waals surface area (Å²) in [6, 6.07) is 0. The Labute approximate surface area is 109 Å². The van der Waals surface area contributed by atoms with Gasteiger partial charge in [0.15, 0.2) is 0 Å². The maximum absolute atomic E-state index is 12.1. The van der Waals surface area contributed by atoms with Crippen molar-refractivity contribution in [2.24, 2.45) is 11.3 Å². The topological polar surface area (TPSA) is 57.6 Å². The summed E-state index contributed by atoms with van der Waals surface area (Å²) in [5.41, 5.74) is 0.988. The molecule has 0 saturated carbocycles. The summed E-state index contributed by atoms with van der Waals surface area (Å²) in [6.45, 7) is 9.11. The van der Waals surface area contributed by atoms with Crippen LogP contribution in [0.2, 0.25) is 0 Å². The molecule has 0 aromatic rings. The zero-order valence-electron chi connectivity index (χ0n) is 11.7. The zero-order valence-corrected chi connectivity index (χ0v) is 11.7. The summed E-state index contributed by atoms with van der Waals surface area (Å²) < 4.78 is 0. The fourth-order valence-electron chi connectivity index (χ4n) is 1.87. The molecule has 18 heavy (non-hydrogen) atoms. The lowest BCUT2D eigenvalue weighted by molar-refractivity contribution is -0.144. The van der Waals surface area contributed by atoms with Crippen LogP contribution in [0.4, 0.5) is 0 Å². The van der Waals surface area contributed by atoms with Gasteiger partial charge in [-0.2, -0.15) is 0 Å². The quantitative estimate of drug-likeness (QED) is 0.768. The molecule has 0 aromatic heterocycles. The molecule has 4 nitrogen and oxygen atoms in total. The lowest BCUT2D eigenvalue weighted by Crippen LogP contribution is -2.41. The molecule has 0 aliphatic carbocycles. The lowest BCUT2D eigenvalue weighted by atomic mass is 9.87. The van der Waals surface area contributed by atoms with Gasteiger partial charge in [0.05, 0.1) is 5.92 Å². The second-order valence-electron chi connectivity index (χ2n) is 6.04. The maximum Gasteiger partial charge on any atom is 0.308 e. The van der Waals surface area contributed by atoms with Gasteiger partial charge in [-0.3, -0.25) is 9.59 Å². The third-order valence-corrected chi connectivity index (χ3v) is 3.61. The highest BCUT2D eigenvalue weighted by Gasteiger charge is 2.27. The number of aliphatic carboxylic acids is 1. The van der Waals surface area contributed by atoms with Crippen molar-refractivity contribution in [2.75, 3.05) is 13.1 Å². The highest BCUT2D eigenvalue weighted by atomic mass is 16.4. The molecule has 1 saturated heterocycles.